The second-order valence-corrected chi connectivity index (χ2v) is 5.44. The molecule has 0 saturated heterocycles. The Morgan fingerprint density at radius 3 is 2.95 bits per heavy atom. The molecule has 0 unspecified atom stereocenters. The summed E-state index contributed by atoms with van der Waals surface area (Å²) in [7, 11) is 0. The lowest BCUT2D eigenvalue weighted by Crippen LogP contribution is -2.24. The average Bonchev–Trinajstić information content (AvgIpc) is 2.92. The zero-order chi connectivity index (χ0) is 14.2. The lowest BCUT2D eigenvalue weighted by Gasteiger charge is -2.01. The molecule has 1 amide bonds. The van der Waals surface area contributed by atoms with E-state index in [1.165, 1.54) is 11.8 Å². The summed E-state index contributed by atoms with van der Waals surface area (Å²) in [5, 5.41) is 7.07. The van der Waals surface area contributed by atoms with Crippen LogP contribution in [0.4, 0.5) is 0 Å². The molecular formula is C11H13N5O2S2. The zero-order valence-electron chi connectivity index (χ0n) is 10.8. The van der Waals surface area contributed by atoms with E-state index < -0.39 is 0 Å². The first-order valence-corrected chi connectivity index (χ1v) is 8.13. The van der Waals surface area contributed by atoms with Crippen LogP contribution in [-0.2, 0) is 17.1 Å². The Bertz CT molecular complexity index is 549. The number of thioether (sulfide) groups is 2. The summed E-state index contributed by atoms with van der Waals surface area (Å²) < 4.78 is 5.01. The molecule has 1 N–H and O–H groups in total. The van der Waals surface area contributed by atoms with Crippen molar-refractivity contribution in [1.29, 1.82) is 0 Å². The number of hydrogen-bond donors (Lipinski definition) is 1. The lowest BCUT2D eigenvalue weighted by atomic mass is 10.6. The molecule has 2 heterocycles. The molecule has 0 aliphatic heterocycles. The van der Waals surface area contributed by atoms with Crippen molar-refractivity contribution >= 4 is 29.4 Å². The summed E-state index contributed by atoms with van der Waals surface area (Å²) in [4.78, 5) is 23.8. The predicted molar refractivity (Wildman–Crippen MR) is 76.1 cm³/mol. The molecule has 106 valence electrons. The summed E-state index contributed by atoms with van der Waals surface area (Å²) in [5.41, 5.74) is 0. The molecule has 0 spiro atoms. The number of nitrogens with zero attached hydrogens (tertiary/aromatic N) is 4. The lowest BCUT2D eigenvalue weighted by molar-refractivity contribution is -0.118. The van der Waals surface area contributed by atoms with Gasteiger partial charge >= 0.3 is 0 Å². The maximum Gasteiger partial charge on any atom is 0.246 e. The zero-order valence-corrected chi connectivity index (χ0v) is 12.4. The minimum atomic E-state index is -0.132. The SMILES string of the molecule is CSCc1noc(CNC(=O)CSc2ncccn2)n1. The molecule has 0 bridgehead atoms. The highest BCUT2D eigenvalue weighted by molar-refractivity contribution is 7.99. The van der Waals surface area contributed by atoms with Crippen molar-refractivity contribution in [3.8, 4) is 0 Å². The molecular weight excluding hydrogens is 298 g/mol. The van der Waals surface area contributed by atoms with Crippen LogP contribution in [0.3, 0.4) is 0 Å². The second kappa shape index (κ2) is 7.85. The van der Waals surface area contributed by atoms with Crippen LogP contribution in [-0.4, -0.2) is 38.0 Å². The van der Waals surface area contributed by atoms with E-state index in [1.54, 1.807) is 30.2 Å². The molecule has 0 aliphatic carbocycles. The van der Waals surface area contributed by atoms with E-state index in [0.29, 0.717) is 22.6 Å². The van der Waals surface area contributed by atoms with Gasteiger partial charge in [-0.2, -0.15) is 16.7 Å². The Balaban J connectivity index is 1.71. The van der Waals surface area contributed by atoms with Gasteiger partial charge in [0.1, 0.15) is 0 Å². The fourth-order valence-electron chi connectivity index (χ4n) is 1.26. The predicted octanol–water partition coefficient (Wildman–Crippen LogP) is 1.13. The van der Waals surface area contributed by atoms with Gasteiger partial charge < -0.3 is 9.84 Å². The highest BCUT2D eigenvalue weighted by atomic mass is 32.2. The molecule has 20 heavy (non-hydrogen) atoms. The quantitative estimate of drug-likeness (QED) is 0.601. The summed E-state index contributed by atoms with van der Waals surface area (Å²) >= 11 is 2.88. The maximum absolute atomic E-state index is 11.6. The first kappa shape index (κ1) is 14.8. The van der Waals surface area contributed by atoms with E-state index in [2.05, 4.69) is 25.4 Å². The summed E-state index contributed by atoms with van der Waals surface area (Å²) in [6, 6.07) is 1.73. The highest BCUT2D eigenvalue weighted by Gasteiger charge is 2.08. The van der Waals surface area contributed by atoms with Crippen molar-refractivity contribution in [1.82, 2.24) is 25.4 Å². The number of hydrogen-bond acceptors (Lipinski definition) is 8. The van der Waals surface area contributed by atoms with Crippen molar-refractivity contribution in [3.05, 3.63) is 30.2 Å². The Labute approximate surface area is 124 Å². The van der Waals surface area contributed by atoms with Crippen molar-refractivity contribution in [2.24, 2.45) is 0 Å². The van der Waals surface area contributed by atoms with E-state index in [1.807, 2.05) is 6.26 Å². The molecule has 2 rings (SSSR count). The van der Waals surface area contributed by atoms with Crippen LogP contribution in [0.2, 0.25) is 0 Å². The van der Waals surface area contributed by atoms with Gasteiger partial charge in [-0.3, -0.25) is 4.79 Å². The van der Waals surface area contributed by atoms with Crippen LogP contribution in [0.1, 0.15) is 11.7 Å². The first-order chi connectivity index (χ1) is 9.78. The van der Waals surface area contributed by atoms with Gasteiger partial charge in [-0.05, 0) is 12.3 Å². The van der Waals surface area contributed by atoms with E-state index in [0.717, 1.165) is 0 Å². The molecule has 0 atom stereocenters. The van der Waals surface area contributed by atoms with E-state index >= 15 is 0 Å². The van der Waals surface area contributed by atoms with Gasteiger partial charge in [0.25, 0.3) is 0 Å². The molecule has 0 radical (unpaired) electrons. The number of nitrogens with one attached hydrogen (secondary N) is 1. The van der Waals surface area contributed by atoms with Crippen LogP contribution in [0.15, 0.2) is 28.1 Å². The van der Waals surface area contributed by atoms with Gasteiger partial charge in [-0.15, -0.1) is 0 Å². The van der Waals surface area contributed by atoms with Crippen LogP contribution < -0.4 is 5.32 Å². The number of rotatable bonds is 7. The van der Waals surface area contributed by atoms with Gasteiger partial charge in [0, 0.05) is 12.4 Å². The van der Waals surface area contributed by atoms with Crippen LogP contribution in [0.25, 0.3) is 0 Å². The van der Waals surface area contributed by atoms with Gasteiger partial charge in [0.05, 0.1) is 18.1 Å². The van der Waals surface area contributed by atoms with Crippen LogP contribution in [0, 0.1) is 0 Å². The minimum Gasteiger partial charge on any atom is -0.346 e. The van der Waals surface area contributed by atoms with Crippen molar-refractivity contribution in [2.75, 3.05) is 12.0 Å². The second-order valence-electron chi connectivity index (χ2n) is 3.63. The number of carbonyl (C=O) groups is 1. The third-order valence-corrected chi connectivity index (χ3v) is 3.52. The Kier molecular flexibility index (Phi) is 5.81. The molecule has 2 aromatic heterocycles. The molecule has 0 aliphatic rings. The molecule has 7 nitrogen and oxygen atoms in total. The summed E-state index contributed by atoms with van der Waals surface area (Å²) in [6.45, 7) is 0.233. The van der Waals surface area contributed by atoms with Gasteiger partial charge in [0.15, 0.2) is 11.0 Å². The monoisotopic (exact) mass is 311 g/mol. The first-order valence-electron chi connectivity index (χ1n) is 5.75. The fourth-order valence-corrected chi connectivity index (χ4v) is 2.27. The topological polar surface area (TPSA) is 93.8 Å². The van der Waals surface area contributed by atoms with E-state index in [9.17, 15) is 4.79 Å². The van der Waals surface area contributed by atoms with Crippen molar-refractivity contribution in [3.63, 3.8) is 0 Å². The van der Waals surface area contributed by atoms with Crippen LogP contribution >= 0.6 is 23.5 Å². The largest absolute Gasteiger partial charge is 0.346 e. The third kappa shape index (κ3) is 4.82. The molecule has 2 aromatic rings. The number of amides is 1. The summed E-state index contributed by atoms with van der Waals surface area (Å²) in [5.74, 6) is 1.85. The van der Waals surface area contributed by atoms with Gasteiger partial charge in [-0.1, -0.05) is 16.9 Å². The van der Waals surface area contributed by atoms with Crippen molar-refractivity contribution < 1.29 is 9.32 Å². The molecule has 0 aromatic carbocycles. The van der Waals surface area contributed by atoms with Crippen LogP contribution in [0.5, 0.6) is 0 Å². The average molecular weight is 311 g/mol. The number of carbonyl (C=O) groups excluding carboxylic acids is 1. The van der Waals surface area contributed by atoms with Gasteiger partial charge in [-0.25, -0.2) is 9.97 Å². The maximum atomic E-state index is 11.6. The van der Waals surface area contributed by atoms with Gasteiger partial charge in [0.2, 0.25) is 11.8 Å². The Morgan fingerprint density at radius 2 is 2.20 bits per heavy atom. The Hall–Kier alpha value is -1.61. The smallest absolute Gasteiger partial charge is 0.246 e. The third-order valence-electron chi connectivity index (χ3n) is 2.09. The normalized spacial score (nSPS) is 10.4. The fraction of sp³-hybridized carbons (Fsp3) is 0.364. The Morgan fingerprint density at radius 1 is 1.40 bits per heavy atom. The highest BCUT2D eigenvalue weighted by Crippen LogP contribution is 2.10. The van der Waals surface area contributed by atoms with E-state index in [4.69, 9.17) is 4.52 Å². The summed E-state index contributed by atoms with van der Waals surface area (Å²) in [6.07, 6.45) is 5.23. The molecule has 0 saturated carbocycles. The van der Waals surface area contributed by atoms with Crippen molar-refractivity contribution in [2.45, 2.75) is 17.5 Å². The van der Waals surface area contributed by atoms with E-state index in [-0.39, 0.29) is 18.2 Å². The molecule has 9 heteroatoms. The molecule has 0 fully saturated rings. The number of aromatic nitrogens is 4. The standard InChI is InChI=1S/C11H13N5O2S2/c1-19-6-8-15-10(18-16-8)5-14-9(17)7-20-11-12-3-2-4-13-11/h2-4H,5-7H2,1H3,(H,14,17). The minimum absolute atomic E-state index is 0.132.